The topological polar surface area (TPSA) is 82.3 Å². The highest BCUT2D eigenvalue weighted by atomic mass is 35.5. The van der Waals surface area contributed by atoms with Gasteiger partial charge in [-0.05, 0) is 18.4 Å². The van der Waals surface area contributed by atoms with Gasteiger partial charge in [0.05, 0.1) is 5.02 Å². The second-order valence-corrected chi connectivity index (χ2v) is 5.52. The van der Waals surface area contributed by atoms with Crippen LogP contribution in [0.4, 0.5) is 0 Å². The Morgan fingerprint density at radius 1 is 1.53 bits per heavy atom. The summed E-state index contributed by atoms with van der Waals surface area (Å²) in [4.78, 5) is -0.0899. The quantitative estimate of drug-likeness (QED) is 0.389. The largest absolute Gasteiger partial charge is 0.286 e. The van der Waals surface area contributed by atoms with E-state index < -0.39 is 10.0 Å². The van der Waals surface area contributed by atoms with E-state index in [1.54, 1.807) is 24.6 Å². The lowest BCUT2D eigenvalue weighted by atomic mass is 10.4. The summed E-state index contributed by atoms with van der Waals surface area (Å²) >= 11 is 6.79. The van der Waals surface area contributed by atoms with Crippen LogP contribution in [0.25, 0.3) is 0 Å². The Morgan fingerprint density at radius 3 is 2.71 bits per heavy atom. The standard InChI is InChI=1S/C9H8ClN3O2S2/c1-16-9(12-6-11)13-17(14,15)8-5-3-2-4-7(8)10/h2-5H,1H3,(H,12,13). The molecule has 0 spiro atoms. The second-order valence-electron chi connectivity index (χ2n) is 2.74. The third kappa shape index (κ3) is 3.63. The zero-order valence-corrected chi connectivity index (χ0v) is 11.1. The molecular formula is C9H8ClN3O2S2. The number of nitrogens with zero attached hydrogens (tertiary/aromatic N) is 2. The predicted molar refractivity (Wildman–Crippen MR) is 68.3 cm³/mol. The SMILES string of the molecule is CS/C(=N\S(=O)(=O)c1ccccc1Cl)NC#N. The fourth-order valence-electron chi connectivity index (χ4n) is 0.971. The monoisotopic (exact) mass is 289 g/mol. The second kappa shape index (κ2) is 5.91. The highest BCUT2D eigenvalue weighted by Crippen LogP contribution is 2.22. The van der Waals surface area contributed by atoms with Crippen LogP contribution in [-0.4, -0.2) is 19.8 Å². The molecule has 90 valence electrons. The first kappa shape index (κ1) is 13.8. The average molecular weight is 290 g/mol. The maximum absolute atomic E-state index is 11.9. The fourth-order valence-corrected chi connectivity index (χ4v) is 3.07. The van der Waals surface area contributed by atoms with Crippen molar-refractivity contribution in [2.75, 3.05) is 6.26 Å². The van der Waals surface area contributed by atoms with Gasteiger partial charge in [0.25, 0.3) is 10.0 Å². The number of benzene rings is 1. The summed E-state index contributed by atoms with van der Waals surface area (Å²) in [6.45, 7) is 0. The third-order valence-corrected chi connectivity index (χ3v) is 4.15. The molecule has 0 aliphatic heterocycles. The van der Waals surface area contributed by atoms with Gasteiger partial charge in [0.2, 0.25) is 0 Å². The van der Waals surface area contributed by atoms with Gasteiger partial charge in [-0.15, -0.1) is 4.40 Å². The summed E-state index contributed by atoms with van der Waals surface area (Å²) in [6.07, 6.45) is 3.21. The number of amidine groups is 1. The van der Waals surface area contributed by atoms with E-state index in [-0.39, 0.29) is 15.1 Å². The number of nitrogens with one attached hydrogen (secondary N) is 1. The molecule has 1 aromatic carbocycles. The maximum atomic E-state index is 11.9. The minimum Gasteiger partial charge on any atom is -0.271 e. The molecule has 0 atom stereocenters. The molecule has 1 aromatic rings. The number of hydrogen-bond donors (Lipinski definition) is 1. The molecule has 1 rings (SSSR count). The number of nitriles is 1. The van der Waals surface area contributed by atoms with Gasteiger partial charge in [0.1, 0.15) is 4.90 Å². The van der Waals surface area contributed by atoms with Crippen LogP contribution in [0.15, 0.2) is 33.6 Å². The first-order valence-electron chi connectivity index (χ1n) is 4.30. The predicted octanol–water partition coefficient (Wildman–Crippen LogP) is 1.82. The lowest BCUT2D eigenvalue weighted by Crippen LogP contribution is -2.15. The summed E-state index contributed by atoms with van der Waals surface area (Å²) in [6, 6.07) is 5.98. The molecule has 0 amide bonds. The van der Waals surface area contributed by atoms with E-state index in [0.717, 1.165) is 11.8 Å². The zero-order valence-electron chi connectivity index (χ0n) is 8.71. The van der Waals surface area contributed by atoms with Gasteiger partial charge in [-0.1, -0.05) is 35.5 Å². The van der Waals surface area contributed by atoms with Gasteiger partial charge < -0.3 is 0 Å². The first-order chi connectivity index (χ1) is 8.01. The lowest BCUT2D eigenvalue weighted by Gasteiger charge is -2.03. The maximum Gasteiger partial charge on any atom is 0.286 e. The van der Waals surface area contributed by atoms with E-state index in [0.29, 0.717) is 0 Å². The highest BCUT2D eigenvalue weighted by Gasteiger charge is 2.17. The molecular weight excluding hydrogens is 282 g/mol. The van der Waals surface area contributed by atoms with Gasteiger partial charge in [-0.3, -0.25) is 5.32 Å². The Bertz CT molecular complexity index is 578. The van der Waals surface area contributed by atoms with Crippen molar-refractivity contribution in [2.24, 2.45) is 4.40 Å². The zero-order chi connectivity index (χ0) is 12.9. The molecule has 17 heavy (non-hydrogen) atoms. The van der Waals surface area contributed by atoms with Crippen molar-refractivity contribution >= 4 is 38.6 Å². The van der Waals surface area contributed by atoms with Crippen molar-refractivity contribution in [3.63, 3.8) is 0 Å². The van der Waals surface area contributed by atoms with Crippen LogP contribution in [0.5, 0.6) is 0 Å². The van der Waals surface area contributed by atoms with E-state index in [9.17, 15) is 8.42 Å². The Labute approximate surface area is 109 Å². The normalized spacial score (nSPS) is 11.9. The molecule has 0 radical (unpaired) electrons. The van der Waals surface area contributed by atoms with Gasteiger partial charge >= 0.3 is 0 Å². The van der Waals surface area contributed by atoms with Crippen LogP contribution in [0.1, 0.15) is 0 Å². The molecule has 1 N–H and O–H groups in total. The molecule has 0 saturated heterocycles. The summed E-state index contributed by atoms with van der Waals surface area (Å²) in [5.41, 5.74) is 0. The molecule has 0 fully saturated rings. The molecule has 8 heteroatoms. The van der Waals surface area contributed by atoms with Crippen LogP contribution in [0.2, 0.25) is 5.02 Å². The Kier molecular flexibility index (Phi) is 4.81. The van der Waals surface area contributed by atoms with Crippen molar-refractivity contribution in [1.82, 2.24) is 5.32 Å². The fraction of sp³-hybridized carbons (Fsp3) is 0.111. The van der Waals surface area contributed by atoms with Crippen molar-refractivity contribution in [3.05, 3.63) is 29.3 Å². The lowest BCUT2D eigenvalue weighted by molar-refractivity contribution is 0.598. The number of hydrogen-bond acceptors (Lipinski definition) is 4. The summed E-state index contributed by atoms with van der Waals surface area (Å²) in [7, 11) is -3.90. The molecule has 0 aliphatic carbocycles. The Balaban J connectivity index is 3.22. The van der Waals surface area contributed by atoms with E-state index in [4.69, 9.17) is 16.9 Å². The molecule has 0 bridgehead atoms. The molecule has 0 saturated carbocycles. The van der Waals surface area contributed by atoms with E-state index in [2.05, 4.69) is 9.71 Å². The van der Waals surface area contributed by atoms with E-state index in [1.165, 1.54) is 12.1 Å². The first-order valence-corrected chi connectivity index (χ1v) is 7.34. The van der Waals surface area contributed by atoms with Crippen LogP contribution in [-0.2, 0) is 10.0 Å². The number of thioether (sulfide) groups is 1. The van der Waals surface area contributed by atoms with Gasteiger partial charge in [-0.2, -0.15) is 13.7 Å². The van der Waals surface area contributed by atoms with Crippen LogP contribution in [0.3, 0.4) is 0 Å². The molecule has 0 aliphatic rings. The molecule has 0 aromatic heterocycles. The minimum absolute atomic E-state index is 0.00702. The number of rotatable bonds is 2. The van der Waals surface area contributed by atoms with Gasteiger partial charge in [0, 0.05) is 0 Å². The third-order valence-electron chi connectivity index (χ3n) is 1.67. The number of halogens is 1. The Morgan fingerprint density at radius 2 is 2.18 bits per heavy atom. The van der Waals surface area contributed by atoms with E-state index in [1.807, 2.05) is 0 Å². The van der Waals surface area contributed by atoms with Gasteiger partial charge in [-0.25, -0.2) is 0 Å². The number of sulfonamides is 1. The minimum atomic E-state index is -3.90. The van der Waals surface area contributed by atoms with Crippen LogP contribution >= 0.6 is 23.4 Å². The molecule has 5 nitrogen and oxygen atoms in total. The van der Waals surface area contributed by atoms with Crippen LogP contribution in [0, 0.1) is 11.5 Å². The smallest absolute Gasteiger partial charge is 0.271 e. The Hall–Kier alpha value is -1.23. The summed E-state index contributed by atoms with van der Waals surface area (Å²) in [5, 5.41) is 10.7. The van der Waals surface area contributed by atoms with Crippen LogP contribution < -0.4 is 5.32 Å². The molecule has 0 unspecified atom stereocenters. The highest BCUT2D eigenvalue weighted by molar-refractivity contribution is 8.13. The average Bonchev–Trinajstić information content (AvgIpc) is 2.28. The molecule has 0 heterocycles. The van der Waals surface area contributed by atoms with Crippen molar-refractivity contribution in [3.8, 4) is 6.19 Å². The summed E-state index contributed by atoms with van der Waals surface area (Å²) in [5.74, 6) is 0. The van der Waals surface area contributed by atoms with Crippen molar-refractivity contribution < 1.29 is 8.42 Å². The van der Waals surface area contributed by atoms with Crippen molar-refractivity contribution in [2.45, 2.75) is 4.90 Å². The van der Waals surface area contributed by atoms with Gasteiger partial charge in [0.15, 0.2) is 11.4 Å². The van der Waals surface area contributed by atoms with E-state index >= 15 is 0 Å². The summed E-state index contributed by atoms with van der Waals surface area (Å²) < 4.78 is 27.2. The van der Waals surface area contributed by atoms with Crippen molar-refractivity contribution in [1.29, 1.82) is 5.26 Å².